The van der Waals surface area contributed by atoms with Gasteiger partial charge in [0.25, 0.3) is 0 Å². The van der Waals surface area contributed by atoms with Crippen LogP contribution in [0, 0.1) is 0 Å². The Kier molecular flexibility index (Phi) is 5.05. The first kappa shape index (κ1) is 23.9. The van der Waals surface area contributed by atoms with E-state index in [1.54, 1.807) is 0 Å². The normalized spacial score (nSPS) is 11.8. The molecule has 0 atom stereocenters. The molecule has 202 valence electrons. The first-order valence-electron chi connectivity index (χ1n) is 14.3. The monoisotopic (exact) mass is 552 g/mol. The average molecular weight is 553 g/mol. The number of fused-ring (bicyclic) bond motifs is 7. The standard InChI is InChI=1S/C38H24N4O/c1-42-32-9-3-2-8-31(32)41-38(42)26-15-11-23(12-16-26)28-7-4-10-34-35(28)29-22-27(18-20-33(29)43-34)30-19-17-25-14-13-24-6-5-21-39-36(24)37(25)40-30/h2-22H,1H3. The highest BCUT2D eigenvalue weighted by atomic mass is 16.3. The van der Waals surface area contributed by atoms with Crippen LogP contribution < -0.4 is 0 Å². The van der Waals surface area contributed by atoms with Crippen LogP contribution >= 0.6 is 0 Å². The fourth-order valence-electron chi connectivity index (χ4n) is 6.31. The van der Waals surface area contributed by atoms with Crippen LogP contribution in [0.1, 0.15) is 0 Å². The molecule has 0 radical (unpaired) electrons. The number of hydrogen-bond donors (Lipinski definition) is 0. The highest BCUT2D eigenvalue weighted by Crippen LogP contribution is 2.39. The Morgan fingerprint density at radius 2 is 1.40 bits per heavy atom. The van der Waals surface area contributed by atoms with Gasteiger partial charge in [0.2, 0.25) is 0 Å². The van der Waals surface area contributed by atoms with Gasteiger partial charge in [-0.25, -0.2) is 9.97 Å². The van der Waals surface area contributed by atoms with E-state index in [1.165, 1.54) is 0 Å². The molecule has 0 aliphatic rings. The van der Waals surface area contributed by atoms with E-state index < -0.39 is 0 Å². The van der Waals surface area contributed by atoms with E-state index >= 15 is 0 Å². The summed E-state index contributed by atoms with van der Waals surface area (Å²) in [5.74, 6) is 0.954. The van der Waals surface area contributed by atoms with Crippen LogP contribution in [0.2, 0.25) is 0 Å². The average Bonchev–Trinajstić information content (AvgIpc) is 3.61. The van der Waals surface area contributed by atoms with Crippen LogP contribution in [0.25, 0.3) is 88.5 Å². The van der Waals surface area contributed by atoms with Crippen molar-refractivity contribution in [3.05, 3.63) is 128 Å². The predicted molar refractivity (Wildman–Crippen MR) is 175 cm³/mol. The van der Waals surface area contributed by atoms with E-state index in [0.717, 1.165) is 88.5 Å². The maximum atomic E-state index is 6.33. The van der Waals surface area contributed by atoms with Gasteiger partial charge in [0.05, 0.1) is 27.8 Å². The van der Waals surface area contributed by atoms with Gasteiger partial charge >= 0.3 is 0 Å². The number of aryl methyl sites for hydroxylation is 1. The van der Waals surface area contributed by atoms with Crippen molar-refractivity contribution in [2.75, 3.05) is 0 Å². The van der Waals surface area contributed by atoms with Crippen LogP contribution in [0.15, 0.2) is 132 Å². The lowest BCUT2D eigenvalue weighted by atomic mass is 9.97. The zero-order valence-electron chi connectivity index (χ0n) is 23.3. The van der Waals surface area contributed by atoms with E-state index in [2.05, 4.69) is 114 Å². The van der Waals surface area contributed by atoms with Crippen molar-refractivity contribution < 1.29 is 4.42 Å². The first-order chi connectivity index (χ1) is 21.2. The third-order valence-corrected chi connectivity index (χ3v) is 8.46. The smallest absolute Gasteiger partial charge is 0.140 e. The van der Waals surface area contributed by atoms with Gasteiger partial charge < -0.3 is 8.98 Å². The lowest BCUT2D eigenvalue weighted by Gasteiger charge is -2.08. The molecule has 0 saturated heterocycles. The van der Waals surface area contributed by atoms with E-state index in [-0.39, 0.29) is 0 Å². The number of nitrogens with zero attached hydrogens (tertiary/aromatic N) is 4. The van der Waals surface area contributed by atoms with Gasteiger partial charge in [-0.1, -0.05) is 72.8 Å². The van der Waals surface area contributed by atoms with Gasteiger partial charge in [-0.15, -0.1) is 0 Å². The largest absolute Gasteiger partial charge is 0.456 e. The number of para-hydroxylation sites is 2. The summed E-state index contributed by atoms with van der Waals surface area (Å²) in [7, 11) is 2.07. The van der Waals surface area contributed by atoms with E-state index in [1.807, 2.05) is 30.5 Å². The number of rotatable bonds is 3. The molecule has 0 saturated carbocycles. The molecule has 5 aromatic carbocycles. The van der Waals surface area contributed by atoms with Crippen LogP contribution in [0.4, 0.5) is 0 Å². The Labute approximate surface area is 246 Å². The van der Waals surface area contributed by atoms with Gasteiger partial charge in [0.1, 0.15) is 17.0 Å². The first-order valence-corrected chi connectivity index (χ1v) is 14.3. The molecule has 0 unspecified atom stereocenters. The highest BCUT2D eigenvalue weighted by molar-refractivity contribution is 6.13. The van der Waals surface area contributed by atoms with Gasteiger partial charge in [0, 0.05) is 45.9 Å². The molecular weight excluding hydrogens is 528 g/mol. The Bertz CT molecular complexity index is 2520. The molecule has 4 aromatic heterocycles. The van der Waals surface area contributed by atoms with Gasteiger partial charge in [-0.2, -0.15) is 0 Å². The van der Waals surface area contributed by atoms with Crippen LogP contribution in [-0.2, 0) is 7.05 Å². The summed E-state index contributed by atoms with van der Waals surface area (Å²) in [6.45, 7) is 0. The summed E-state index contributed by atoms with van der Waals surface area (Å²) in [6.07, 6.45) is 1.83. The molecule has 5 nitrogen and oxygen atoms in total. The lowest BCUT2D eigenvalue weighted by molar-refractivity contribution is 0.669. The Hall–Kier alpha value is -5.81. The Morgan fingerprint density at radius 3 is 2.28 bits per heavy atom. The highest BCUT2D eigenvalue weighted by Gasteiger charge is 2.16. The third kappa shape index (κ3) is 3.68. The SMILES string of the molecule is Cn1c(-c2ccc(-c3cccc4oc5ccc(-c6ccc7ccc8cccnc8c7n6)cc5c34)cc2)nc2ccccc21. The minimum Gasteiger partial charge on any atom is -0.456 e. The predicted octanol–water partition coefficient (Wildman–Crippen LogP) is 9.57. The molecular formula is C38H24N4O. The molecule has 9 rings (SSSR count). The minimum atomic E-state index is 0.857. The van der Waals surface area contributed by atoms with Gasteiger partial charge in [-0.05, 0) is 59.7 Å². The molecule has 4 heterocycles. The van der Waals surface area contributed by atoms with Crippen molar-refractivity contribution in [2.24, 2.45) is 7.05 Å². The van der Waals surface area contributed by atoms with Crippen molar-refractivity contribution in [2.45, 2.75) is 0 Å². The molecule has 9 aromatic rings. The summed E-state index contributed by atoms with van der Waals surface area (Å²) in [6, 6.07) is 41.9. The minimum absolute atomic E-state index is 0.857. The molecule has 0 amide bonds. The number of pyridine rings is 2. The number of furan rings is 1. The molecule has 0 N–H and O–H groups in total. The number of aromatic nitrogens is 4. The lowest BCUT2D eigenvalue weighted by Crippen LogP contribution is -1.92. The quantitative estimate of drug-likeness (QED) is 0.205. The number of benzene rings is 5. The maximum absolute atomic E-state index is 6.33. The van der Waals surface area contributed by atoms with E-state index in [4.69, 9.17) is 14.4 Å². The number of hydrogen-bond acceptors (Lipinski definition) is 4. The topological polar surface area (TPSA) is 56.7 Å². The Balaban J connectivity index is 1.17. The third-order valence-electron chi connectivity index (χ3n) is 8.46. The second kappa shape index (κ2) is 9.10. The molecule has 0 fully saturated rings. The summed E-state index contributed by atoms with van der Waals surface area (Å²) in [5.41, 5.74) is 11.0. The van der Waals surface area contributed by atoms with Crippen molar-refractivity contribution >= 4 is 54.8 Å². The van der Waals surface area contributed by atoms with Crippen molar-refractivity contribution in [3.63, 3.8) is 0 Å². The van der Waals surface area contributed by atoms with Gasteiger partial charge in [-0.3, -0.25) is 4.98 Å². The summed E-state index contributed by atoms with van der Waals surface area (Å²) in [4.78, 5) is 14.6. The Morgan fingerprint density at radius 1 is 0.605 bits per heavy atom. The fraction of sp³-hybridized carbons (Fsp3) is 0.0263. The van der Waals surface area contributed by atoms with Gasteiger partial charge in [0.15, 0.2) is 0 Å². The molecule has 43 heavy (non-hydrogen) atoms. The zero-order valence-corrected chi connectivity index (χ0v) is 23.3. The summed E-state index contributed by atoms with van der Waals surface area (Å²) >= 11 is 0. The van der Waals surface area contributed by atoms with Crippen molar-refractivity contribution in [1.29, 1.82) is 0 Å². The molecule has 0 bridgehead atoms. The second-order valence-corrected chi connectivity index (χ2v) is 11.0. The van der Waals surface area contributed by atoms with Crippen molar-refractivity contribution in [1.82, 2.24) is 19.5 Å². The van der Waals surface area contributed by atoms with Crippen LogP contribution in [0.5, 0.6) is 0 Å². The summed E-state index contributed by atoms with van der Waals surface area (Å²) < 4.78 is 8.48. The molecule has 5 heteroatoms. The van der Waals surface area contributed by atoms with Crippen LogP contribution in [-0.4, -0.2) is 19.5 Å². The zero-order chi connectivity index (χ0) is 28.5. The van der Waals surface area contributed by atoms with Crippen LogP contribution in [0.3, 0.4) is 0 Å². The maximum Gasteiger partial charge on any atom is 0.140 e. The van der Waals surface area contributed by atoms with E-state index in [0.29, 0.717) is 0 Å². The second-order valence-electron chi connectivity index (χ2n) is 11.0. The fourth-order valence-corrected chi connectivity index (χ4v) is 6.31. The van der Waals surface area contributed by atoms with E-state index in [9.17, 15) is 0 Å². The number of imidazole rings is 1. The molecule has 0 aliphatic heterocycles. The summed E-state index contributed by atoms with van der Waals surface area (Å²) in [5, 5.41) is 4.33. The molecule has 0 spiro atoms. The molecule has 0 aliphatic carbocycles. The van der Waals surface area contributed by atoms with Crippen molar-refractivity contribution in [3.8, 4) is 33.8 Å².